The molecule has 3 heteroatoms. The third-order valence-corrected chi connectivity index (χ3v) is 2.82. The fourth-order valence-corrected chi connectivity index (χ4v) is 1.82. The average Bonchev–Trinajstić information content (AvgIpc) is 2.82. The number of aryl methyl sites for hydroxylation is 1. The molecule has 0 fully saturated rings. The second kappa shape index (κ2) is 4.01. The van der Waals surface area contributed by atoms with Gasteiger partial charge in [-0.25, -0.2) is 4.98 Å². The molecular formula is C15H10N2O. The van der Waals surface area contributed by atoms with Crippen molar-refractivity contribution in [2.45, 2.75) is 6.92 Å². The second-order valence-corrected chi connectivity index (χ2v) is 4.18. The van der Waals surface area contributed by atoms with Crippen LogP contribution in [0.1, 0.15) is 11.1 Å². The van der Waals surface area contributed by atoms with Gasteiger partial charge in [-0.2, -0.15) is 5.26 Å². The van der Waals surface area contributed by atoms with E-state index < -0.39 is 0 Å². The maximum atomic E-state index is 8.84. The topological polar surface area (TPSA) is 49.8 Å². The molecule has 0 radical (unpaired) electrons. The van der Waals surface area contributed by atoms with Crippen molar-refractivity contribution < 1.29 is 4.42 Å². The van der Waals surface area contributed by atoms with E-state index >= 15 is 0 Å². The molecule has 0 aliphatic carbocycles. The van der Waals surface area contributed by atoms with E-state index in [-0.39, 0.29) is 0 Å². The lowest BCUT2D eigenvalue weighted by Gasteiger charge is -1.95. The van der Waals surface area contributed by atoms with Crippen LogP contribution in [0, 0.1) is 18.3 Å². The van der Waals surface area contributed by atoms with Crippen molar-refractivity contribution in [3.05, 3.63) is 53.6 Å². The SMILES string of the molecule is Cc1ccc(-c2nc3cc(C#N)ccc3o2)cc1. The van der Waals surface area contributed by atoms with E-state index in [2.05, 4.69) is 11.1 Å². The first kappa shape index (κ1) is 10.5. The Bertz CT molecular complexity index is 748. The summed E-state index contributed by atoms with van der Waals surface area (Å²) in [5.74, 6) is 0.583. The lowest BCUT2D eigenvalue weighted by Crippen LogP contribution is -1.77. The Hall–Kier alpha value is -2.60. The average molecular weight is 234 g/mol. The maximum absolute atomic E-state index is 8.84. The van der Waals surface area contributed by atoms with Crippen LogP contribution in [0.25, 0.3) is 22.6 Å². The van der Waals surface area contributed by atoms with Gasteiger partial charge in [0.2, 0.25) is 5.89 Å². The molecule has 3 nitrogen and oxygen atoms in total. The second-order valence-electron chi connectivity index (χ2n) is 4.18. The first-order valence-electron chi connectivity index (χ1n) is 5.64. The molecule has 18 heavy (non-hydrogen) atoms. The predicted molar refractivity (Wildman–Crippen MR) is 68.9 cm³/mol. The summed E-state index contributed by atoms with van der Waals surface area (Å²) >= 11 is 0. The Morgan fingerprint density at radius 2 is 1.89 bits per heavy atom. The number of hydrogen-bond acceptors (Lipinski definition) is 3. The van der Waals surface area contributed by atoms with Crippen LogP contribution in [0.15, 0.2) is 46.9 Å². The number of fused-ring (bicyclic) bond motifs is 1. The van der Waals surface area contributed by atoms with Crippen molar-refractivity contribution in [3.63, 3.8) is 0 Å². The van der Waals surface area contributed by atoms with Crippen LogP contribution in [0.4, 0.5) is 0 Å². The molecule has 0 unspecified atom stereocenters. The van der Waals surface area contributed by atoms with E-state index in [0.717, 1.165) is 5.56 Å². The van der Waals surface area contributed by atoms with E-state index in [0.29, 0.717) is 22.6 Å². The summed E-state index contributed by atoms with van der Waals surface area (Å²) in [6.07, 6.45) is 0. The van der Waals surface area contributed by atoms with Crippen molar-refractivity contribution in [3.8, 4) is 17.5 Å². The van der Waals surface area contributed by atoms with Crippen LogP contribution in [0.3, 0.4) is 0 Å². The van der Waals surface area contributed by atoms with Crippen LogP contribution in [0.5, 0.6) is 0 Å². The minimum Gasteiger partial charge on any atom is -0.436 e. The van der Waals surface area contributed by atoms with Crippen molar-refractivity contribution in [2.75, 3.05) is 0 Å². The van der Waals surface area contributed by atoms with E-state index in [9.17, 15) is 0 Å². The number of nitriles is 1. The lowest BCUT2D eigenvalue weighted by atomic mass is 10.1. The van der Waals surface area contributed by atoms with Crippen LogP contribution < -0.4 is 0 Å². The van der Waals surface area contributed by atoms with Crippen LogP contribution in [-0.2, 0) is 0 Å². The molecule has 0 saturated carbocycles. The summed E-state index contributed by atoms with van der Waals surface area (Å²) in [4.78, 5) is 4.40. The maximum Gasteiger partial charge on any atom is 0.227 e. The van der Waals surface area contributed by atoms with Crippen LogP contribution >= 0.6 is 0 Å². The summed E-state index contributed by atoms with van der Waals surface area (Å²) in [6, 6.07) is 15.3. The van der Waals surface area contributed by atoms with Gasteiger partial charge in [0.15, 0.2) is 5.58 Å². The Balaban J connectivity index is 2.13. The summed E-state index contributed by atoms with van der Waals surface area (Å²) in [6.45, 7) is 2.04. The van der Waals surface area contributed by atoms with Gasteiger partial charge in [0.25, 0.3) is 0 Å². The Morgan fingerprint density at radius 1 is 1.11 bits per heavy atom. The summed E-state index contributed by atoms with van der Waals surface area (Å²) in [7, 11) is 0. The van der Waals surface area contributed by atoms with Crippen molar-refractivity contribution in [1.29, 1.82) is 5.26 Å². The van der Waals surface area contributed by atoms with Gasteiger partial charge in [-0.15, -0.1) is 0 Å². The zero-order chi connectivity index (χ0) is 12.5. The predicted octanol–water partition coefficient (Wildman–Crippen LogP) is 3.67. The molecule has 3 aromatic rings. The molecule has 2 aromatic carbocycles. The van der Waals surface area contributed by atoms with Gasteiger partial charge in [-0.1, -0.05) is 17.7 Å². The summed E-state index contributed by atoms with van der Waals surface area (Å²) in [5.41, 5.74) is 4.14. The summed E-state index contributed by atoms with van der Waals surface area (Å²) in [5, 5.41) is 8.84. The van der Waals surface area contributed by atoms with Gasteiger partial charge in [-0.05, 0) is 37.3 Å². The van der Waals surface area contributed by atoms with Crippen molar-refractivity contribution in [1.82, 2.24) is 4.98 Å². The molecule has 0 amide bonds. The molecule has 1 heterocycles. The van der Waals surface area contributed by atoms with Gasteiger partial charge in [0.1, 0.15) is 5.52 Å². The first-order chi connectivity index (χ1) is 8.76. The number of aromatic nitrogens is 1. The van der Waals surface area contributed by atoms with Gasteiger partial charge >= 0.3 is 0 Å². The fraction of sp³-hybridized carbons (Fsp3) is 0.0667. The molecule has 86 valence electrons. The van der Waals surface area contributed by atoms with E-state index in [1.807, 2.05) is 31.2 Å². The molecule has 0 N–H and O–H groups in total. The normalized spacial score (nSPS) is 10.4. The quantitative estimate of drug-likeness (QED) is 0.645. The number of hydrogen-bond donors (Lipinski definition) is 0. The molecule has 0 aliphatic heterocycles. The number of rotatable bonds is 1. The van der Waals surface area contributed by atoms with Gasteiger partial charge in [0.05, 0.1) is 11.6 Å². The highest BCUT2D eigenvalue weighted by Crippen LogP contribution is 2.24. The van der Waals surface area contributed by atoms with E-state index in [1.165, 1.54) is 5.56 Å². The van der Waals surface area contributed by atoms with Crippen molar-refractivity contribution >= 4 is 11.1 Å². The molecular weight excluding hydrogens is 224 g/mol. The first-order valence-corrected chi connectivity index (χ1v) is 5.64. The number of oxazole rings is 1. The summed E-state index contributed by atoms with van der Waals surface area (Å²) < 4.78 is 5.67. The highest BCUT2D eigenvalue weighted by molar-refractivity contribution is 5.77. The highest BCUT2D eigenvalue weighted by Gasteiger charge is 2.08. The molecule has 0 atom stereocenters. The Labute approximate surface area is 104 Å². The molecule has 1 aromatic heterocycles. The largest absolute Gasteiger partial charge is 0.436 e. The number of nitrogens with zero attached hydrogens (tertiary/aromatic N) is 2. The monoisotopic (exact) mass is 234 g/mol. The van der Waals surface area contributed by atoms with Crippen LogP contribution in [0.2, 0.25) is 0 Å². The Kier molecular flexibility index (Phi) is 2.35. The minimum absolute atomic E-state index is 0.583. The molecule has 3 rings (SSSR count). The Morgan fingerprint density at radius 3 is 2.61 bits per heavy atom. The van der Waals surface area contributed by atoms with Gasteiger partial charge in [-0.3, -0.25) is 0 Å². The van der Waals surface area contributed by atoms with E-state index in [4.69, 9.17) is 9.68 Å². The standard InChI is InChI=1S/C15H10N2O/c1-10-2-5-12(6-3-10)15-17-13-8-11(9-16)4-7-14(13)18-15/h2-8H,1H3. The lowest BCUT2D eigenvalue weighted by molar-refractivity contribution is 0.620. The molecule has 0 saturated heterocycles. The zero-order valence-electron chi connectivity index (χ0n) is 9.84. The number of benzene rings is 2. The van der Waals surface area contributed by atoms with Gasteiger partial charge in [0, 0.05) is 5.56 Å². The van der Waals surface area contributed by atoms with E-state index in [1.54, 1.807) is 18.2 Å². The molecule has 0 bridgehead atoms. The van der Waals surface area contributed by atoms with Crippen molar-refractivity contribution in [2.24, 2.45) is 0 Å². The third-order valence-electron chi connectivity index (χ3n) is 2.82. The van der Waals surface area contributed by atoms with Crippen LogP contribution in [-0.4, -0.2) is 4.98 Å². The van der Waals surface area contributed by atoms with Gasteiger partial charge < -0.3 is 4.42 Å². The minimum atomic E-state index is 0.583. The smallest absolute Gasteiger partial charge is 0.227 e. The zero-order valence-corrected chi connectivity index (χ0v) is 9.84. The molecule has 0 spiro atoms. The third kappa shape index (κ3) is 1.74. The fourth-order valence-electron chi connectivity index (χ4n) is 1.82. The molecule has 0 aliphatic rings. The highest BCUT2D eigenvalue weighted by atomic mass is 16.3.